The number of hydrogen-bond donors (Lipinski definition) is 0. The predicted molar refractivity (Wildman–Crippen MR) is 259 cm³/mol. The first-order valence-electron chi connectivity index (χ1n) is 21.5. The minimum atomic E-state index is 0.0668. The molecule has 57 heavy (non-hydrogen) atoms. The van der Waals surface area contributed by atoms with Crippen LogP contribution >= 0.6 is 11.3 Å². The molecule has 2 nitrogen and oxygen atoms in total. The van der Waals surface area contributed by atoms with E-state index in [1.54, 1.807) is 0 Å². The largest absolute Gasteiger partial charge is 0.337 e. The number of fused-ring (bicyclic) bond motifs is 4. The van der Waals surface area contributed by atoms with Crippen molar-refractivity contribution in [2.45, 2.75) is 140 Å². The Hall–Kier alpha value is -3.76. The van der Waals surface area contributed by atoms with Crippen molar-refractivity contribution in [1.82, 2.24) is 4.90 Å². The zero-order valence-corrected chi connectivity index (χ0v) is 39.1. The lowest BCUT2D eigenvalue weighted by atomic mass is 9.63. The average Bonchev–Trinajstić information content (AvgIpc) is 3.48. The fourth-order valence-corrected chi connectivity index (χ4v) is 9.05. The number of benzene rings is 1. The maximum Gasteiger partial charge on any atom is 0.210 e. The highest BCUT2D eigenvalue weighted by Crippen LogP contribution is 2.49. The Balaban J connectivity index is 2.12. The number of thiophene rings is 1. The Bertz CT molecular complexity index is 2020. The smallest absolute Gasteiger partial charge is 0.210 e. The number of anilines is 1. The van der Waals surface area contributed by atoms with E-state index in [1.807, 2.05) is 23.5 Å². The van der Waals surface area contributed by atoms with E-state index in [4.69, 9.17) is 0 Å². The van der Waals surface area contributed by atoms with Gasteiger partial charge in [0.2, 0.25) is 7.28 Å². The molecule has 1 aliphatic carbocycles. The molecule has 2 aliphatic rings. The van der Waals surface area contributed by atoms with Crippen molar-refractivity contribution in [3.05, 3.63) is 144 Å². The zero-order valence-electron chi connectivity index (χ0n) is 38.3. The lowest BCUT2D eigenvalue weighted by Crippen LogP contribution is -2.34. The Morgan fingerprint density at radius 1 is 0.912 bits per heavy atom. The van der Waals surface area contributed by atoms with E-state index in [9.17, 15) is 0 Å². The van der Waals surface area contributed by atoms with Crippen LogP contribution in [0, 0.1) is 16.7 Å². The van der Waals surface area contributed by atoms with Gasteiger partial charge in [0.1, 0.15) is 0 Å². The van der Waals surface area contributed by atoms with Crippen molar-refractivity contribution in [3.8, 4) is 0 Å². The van der Waals surface area contributed by atoms with E-state index in [1.165, 1.54) is 56.4 Å². The Morgan fingerprint density at radius 3 is 2.11 bits per heavy atom. The Morgan fingerprint density at radius 2 is 1.53 bits per heavy atom. The molecule has 305 valence electrons. The van der Waals surface area contributed by atoms with E-state index in [-0.39, 0.29) is 21.7 Å². The second-order valence-corrected chi connectivity index (χ2v) is 20.7. The maximum absolute atomic E-state index is 4.44. The number of hydrogen-bond acceptors (Lipinski definition) is 3. The molecule has 0 atom stereocenters. The van der Waals surface area contributed by atoms with Gasteiger partial charge in [0, 0.05) is 39.4 Å². The van der Waals surface area contributed by atoms with Crippen molar-refractivity contribution in [3.63, 3.8) is 0 Å². The van der Waals surface area contributed by atoms with Gasteiger partial charge >= 0.3 is 0 Å². The third-order valence-corrected chi connectivity index (χ3v) is 12.7. The standard InChI is InChI=1S/C53H74BN2S/c1-17-21-27-46-39(7)56(41(20-4)26-22-30-50(8,9)10)42(24-18-2)29-35-55(40(19-3)25-23-31-51(11,12)32-28-38(5)6)48-43-36-44-45(37-47(43)57-49(48)54-46)53(15,16)34-33-52(44,13)14/h18-27,29-31,36-38H,3-4,17,28,32-35H2,1-2,5-16H3/b24-18-,27-21-,30-22+,31-23+,40-25+,41-26+,42-29+,46-39-. The van der Waals surface area contributed by atoms with Crippen LogP contribution in [-0.2, 0) is 10.8 Å². The van der Waals surface area contributed by atoms with E-state index in [2.05, 4.69) is 206 Å². The van der Waals surface area contributed by atoms with Gasteiger partial charge in [0.25, 0.3) is 0 Å². The summed E-state index contributed by atoms with van der Waals surface area (Å²) in [4.78, 5) is 4.89. The fraction of sp³-hybridized carbons (Fsp3) is 0.472. The van der Waals surface area contributed by atoms with Crippen LogP contribution in [0.15, 0.2) is 133 Å². The Kier molecular flexibility index (Phi) is 15.2. The normalized spacial score (nSPS) is 20.8. The lowest BCUT2D eigenvalue weighted by Gasteiger charge is -2.42. The quantitative estimate of drug-likeness (QED) is 0.148. The van der Waals surface area contributed by atoms with E-state index >= 15 is 0 Å². The van der Waals surface area contributed by atoms with Gasteiger partial charge in [-0.3, -0.25) is 0 Å². The molecule has 0 spiro atoms. The number of nitrogens with zero attached hydrogens (tertiary/aromatic N) is 2. The highest BCUT2D eigenvalue weighted by atomic mass is 32.1. The van der Waals surface area contributed by atoms with E-state index in [0.29, 0.717) is 12.5 Å². The number of allylic oxidation sites excluding steroid dienone is 14. The van der Waals surface area contributed by atoms with Crippen LogP contribution in [0.4, 0.5) is 5.69 Å². The van der Waals surface area contributed by atoms with Gasteiger partial charge in [0.15, 0.2) is 0 Å². The van der Waals surface area contributed by atoms with Gasteiger partial charge in [0.05, 0.1) is 5.69 Å². The van der Waals surface area contributed by atoms with Gasteiger partial charge in [-0.25, -0.2) is 0 Å². The summed E-state index contributed by atoms with van der Waals surface area (Å²) >= 11 is 1.92. The summed E-state index contributed by atoms with van der Waals surface area (Å²) in [5, 5.41) is 1.32. The molecule has 0 bridgehead atoms. The molecule has 4 heteroatoms. The fourth-order valence-electron chi connectivity index (χ4n) is 7.87. The van der Waals surface area contributed by atoms with Crippen LogP contribution in [0.5, 0.6) is 0 Å². The molecule has 1 aromatic carbocycles. The topological polar surface area (TPSA) is 6.48 Å². The molecular weight excluding hydrogens is 707 g/mol. The second kappa shape index (κ2) is 18.9. The van der Waals surface area contributed by atoms with E-state index < -0.39 is 0 Å². The molecule has 1 radical (unpaired) electrons. The highest BCUT2D eigenvalue weighted by molar-refractivity contribution is 7.29. The summed E-state index contributed by atoms with van der Waals surface area (Å²) in [5.74, 6) is 0.687. The average molecular weight is 782 g/mol. The minimum absolute atomic E-state index is 0.0668. The van der Waals surface area contributed by atoms with Gasteiger partial charge in [-0.15, -0.1) is 11.3 Å². The van der Waals surface area contributed by atoms with Crippen molar-refractivity contribution in [1.29, 1.82) is 0 Å². The third kappa shape index (κ3) is 11.5. The summed E-state index contributed by atoms with van der Waals surface area (Å²) in [7, 11) is 2.44. The summed E-state index contributed by atoms with van der Waals surface area (Å²) < 4.78 is 2.59. The van der Waals surface area contributed by atoms with Crippen molar-refractivity contribution in [2.24, 2.45) is 16.7 Å². The van der Waals surface area contributed by atoms with Gasteiger partial charge < -0.3 is 9.80 Å². The maximum atomic E-state index is 4.44. The molecule has 4 rings (SSSR count). The van der Waals surface area contributed by atoms with Crippen molar-refractivity contribution >= 4 is 39.2 Å². The van der Waals surface area contributed by atoms with E-state index in [0.717, 1.165) is 35.6 Å². The zero-order chi connectivity index (χ0) is 42.3. The van der Waals surface area contributed by atoms with Crippen LogP contribution < -0.4 is 9.68 Å². The summed E-state index contributed by atoms with van der Waals surface area (Å²) in [6.07, 6.45) is 34.6. The molecule has 0 amide bonds. The van der Waals surface area contributed by atoms with Crippen LogP contribution in [0.1, 0.15) is 140 Å². The van der Waals surface area contributed by atoms with Crippen LogP contribution in [-0.4, -0.2) is 18.7 Å². The minimum Gasteiger partial charge on any atom is -0.337 e. The first-order chi connectivity index (χ1) is 26.7. The van der Waals surface area contributed by atoms with Crippen molar-refractivity contribution < 1.29 is 0 Å². The molecule has 0 saturated heterocycles. The first kappa shape index (κ1) is 45.9. The lowest BCUT2D eigenvalue weighted by molar-refractivity contribution is 0.332. The van der Waals surface area contributed by atoms with Crippen molar-refractivity contribution in [2.75, 3.05) is 11.4 Å². The molecule has 2 heterocycles. The number of rotatable bonds is 13. The molecular formula is C53H74BN2S. The molecule has 0 fully saturated rings. The SMILES string of the molecule is C=C/C(=C\C=C\C(C)(C)C)N1C(/C=C\C)=C/CN(/C(C=C)=C/C=C/C(C)(C)CCC(C)C)c2c(sc3cc4c(cc23)C(C)(C)CCC4(C)C)[B]C(/C=C\CC)=C\1C. The van der Waals surface area contributed by atoms with Gasteiger partial charge in [-0.1, -0.05) is 151 Å². The molecule has 1 aromatic heterocycles. The molecule has 1 aliphatic heterocycles. The summed E-state index contributed by atoms with van der Waals surface area (Å²) in [6.45, 7) is 41.8. The highest BCUT2D eigenvalue weighted by Gasteiger charge is 2.38. The van der Waals surface area contributed by atoms with Crippen LogP contribution in [0.3, 0.4) is 0 Å². The van der Waals surface area contributed by atoms with Crippen LogP contribution in [0.2, 0.25) is 0 Å². The monoisotopic (exact) mass is 782 g/mol. The summed E-state index contributed by atoms with van der Waals surface area (Å²) in [6, 6.07) is 5.09. The second-order valence-electron chi connectivity index (χ2n) is 19.6. The summed E-state index contributed by atoms with van der Waals surface area (Å²) in [5.41, 5.74) is 10.2. The third-order valence-electron chi connectivity index (χ3n) is 11.6. The molecule has 0 saturated carbocycles. The predicted octanol–water partition coefficient (Wildman–Crippen LogP) is 15.1. The molecule has 2 aromatic rings. The molecule has 0 N–H and O–H groups in total. The van der Waals surface area contributed by atoms with Gasteiger partial charge in [-0.05, 0) is 132 Å². The Labute approximate surface area is 354 Å². The van der Waals surface area contributed by atoms with Crippen LogP contribution in [0.25, 0.3) is 10.1 Å². The van der Waals surface area contributed by atoms with Gasteiger partial charge in [-0.2, -0.15) is 0 Å². The molecule has 0 unspecified atom stereocenters. The first-order valence-corrected chi connectivity index (χ1v) is 22.3.